The number of sulfonamides is 1. The zero-order chi connectivity index (χ0) is 22.7. The maximum atomic E-state index is 13.5. The van der Waals surface area contributed by atoms with Crippen molar-refractivity contribution in [2.45, 2.75) is 67.5 Å². The summed E-state index contributed by atoms with van der Waals surface area (Å²) in [6.07, 6.45) is 4.84. The van der Waals surface area contributed by atoms with Crippen molar-refractivity contribution in [1.29, 1.82) is 0 Å². The van der Waals surface area contributed by atoms with Crippen LogP contribution in [0.5, 0.6) is 0 Å². The van der Waals surface area contributed by atoms with E-state index in [2.05, 4.69) is 36.1 Å². The number of nitrogens with zero attached hydrogens (tertiary/aromatic N) is 3. The van der Waals surface area contributed by atoms with Crippen LogP contribution in [0.3, 0.4) is 0 Å². The van der Waals surface area contributed by atoms with Crippen LogP contribution in [-0.2, 0) is 14.8 Å². The normalized spacial score (nSPS) is 47.0. The number of nitrogens with one attached hydrogen (secondary N) is 5. The van der Waals surface area contributed by atoms with E-state index < -0.39 is 15.3 Å². The fourth-order valence-electron chi connectivity index (χ4n) is 7.19. The Morgan fingerprint density at radius 3 is 2.61 bits per heavy atom. The molecule has 11 nitrogen and oxygen atoms in total. The molecule has 7 unspecified atom stereocenters. The average Bonchev–Trinajstić information content (AvgIpc) is 3.57. The molecule has 0 amide bonds. The molecule has 7 rings (SSSR count). The lowest BCUT2D eigenvalue weighted by molar-refractivity contribution is -0.0106. The minimum atomic E-state index is -3.53. The SMILES string of the molecule is COC1NCC2CNN(C)C2C1NS(=O)(=O)C1CNN(C2CC(N3CC4CC3C4)CCN2)C1. The van der Waals surface area contributed by atoms with E-state index >= 15 is 0 Å². The highest BCUT2D eigenvalue weighted by Gasteiger charge is 2.49. The number of fused-ring (bicyclic) bond motifs is 2. The van der Waals surface area contributed by atoms with Gasteiger partial charge in [0.2, 0.25) is 10.0 Å². The van der Waals surface area contributed by atoms with Gasteiger partial charge in [-0.3, -0.25) is 21.1 Å². The largest absolute Gasteiger partial charge is 0.365 e. The summed E-state index contributed by atoms with van der Waals surface area (Å²) in [6, 6.07) is 1.13. The van der Waals surface area contributed by atoms with Crippen LogP contribution in [0.4, 0.5) is 0 Å². The van der Waals surface area contributed by atoms with Gasteiger partial charge in [0, 0.05) is 70.9 Å². The lowest BCUT2D eigenvalue weighted by Gasteiger charge is -2.42. The van der Waals surface area contributed by atoms with Crippen molar-refractivity contribution < 1.29 is 13.2 Å². The van der Waals surface area contributed by atoms with Crippen molar-refractivity contribution in [1.82, 2.24) is 41.1 Å². The van der Waals surface area contributed by atoms with Gasteiger partial charge in [0.1, 0.15) is 11.5 Å². The van der Waals surface area contributed by atoms with Gasteiger partial charge >= 0.3 is 0 Å². The van der Waals surface area contributed by atoms with E-state index in [1.807, 2.05) is 12.1 Å². The molecule has 12 heteroatoms. The smallest absolute Gasteiger partial charge is 0.217 e. The summed E-state index contributed by atoms with van der Waals surface area (Å²) in [5.74, 6) is 1.26. The Bertz CT molecular complexity index is 826. The zero-order valence-corrected chi connectivity index (χ0v) is 20.6. The molecule has 0 radical (unpaired) electrons. The van der Waals surface area contributed by atoms with E-state index in [9.17, 15) is 8.42 Å². The van der Waals surface area contributed by atoms with Gasteiger partial charge in [-0.1, -0.05) is 0 Å². The molecule has 7 atom stereocenters. The number of ether oxygens (including phenoxy) is 1. The average molecular weight is 485 g/mol. The first-order valence-corrected chi connectivity index (χ1v) is 14.2. The number of likely N-dealkylation sites (N-methyl/N-ethyl adjacent to an activating group) is 1. The minimum Gasteiger partial charge on any atom is -0.365 e. The zero-order valence-electron chi connectivity index (χ0n) is 19.7. The molecular formula is C21H40N8O3S. The Hall–Kier alpha value is -0.410. The molecule has 7 fully saturated rings. The van der Waals surface area contributed by atoms with Crippen molar-refractivity contribution in [3.63, 3.8) is 0 Å². The van der Waals surface area contributed by atoms with Crippen molar-refractivity contribution in [2.24, 2.45) is 11.8 Å². The quantitative estimate of drug-likeness (QED) is 0.281. The van der Waals surface area contributed by atoms with Crippen LogP contribution in [0.25, 0.3) is 0 Å². The third-order valence-electron chi connectivity index (χ3n) is 9.07. The van der Waals surface area contributed by atoms with Crippen molar-refractivity contribution >= 4 is 10.0 Å². The molecular weight excluding hydrogens is 444 g/mol. The predicted molar refractivity (Wildman–Crippen MR) is 124 cm³/mol. The molecule has 5 N–H and O–H groups in total. The molecule has 6 aliphatic heterocycles. The van der Waals surface area contributed by atoms with Crippen LogP contribution in [0.15, 0.2) is 0 Å². The first-order valence-electron chi connectivity index (χ1n) is 12.7. The molecule has 1 aliphatic carbocycles. The van der Waals surface area contributed by atoms with Gasteiger partial charge in [0.15, 0.2) is 0 Å². The van der Waals surface area contributed by atoms with Crippen LogP contribution in [0, 0.1) is 11.8 Å². The molecule has 0 aromatic carbocycles. The van der Waals surface area contributed by atoms with Crippen molar-refractivity contribution in [3.8, 4) is 0 Å². The third kappa shape index (κ3) is 4.15. The fraction of sp³-hybridized carbons (Fsp3) is 1.00. The first kappa shape index (κ1) is 23.0. The van der Waals surface area contributed by atoms with E-state index in [-0.39, 0.29) is 24.5 Å². The van der Waals surface area contributed by atoms with Crippen molar-refractivity contribution in [3.05, 3.63) is 0 Å². The summed E-state index contributed by atoms with van der Waals surface area (Å²) in [5.41, 5.74) is 6.74. The summed E-state index contributed by atoms with van der Waals surface area (Å²) >= 11 is 0. The Morgan fingerprint density at radius 1 is 1.00 bits per heavy atom. The van der Waals surface area contributed by atoms with Gasteiger partial charge in [0.05, 0.1) is 12.2 Å². The minimum absolute atomic E-state index is 0.0592. The number of hydrazine groups is 2. The number of rotatable bonds is 6. The van der Waals surface area contributed by atoms with Gasteiger partial charge in [-0.15, -0.1) is 0 Å². The van der Waals surface area contributed by atoms with Crippen LogP contribution < -0.4 is 26.2 Å². The van der Waals surface area contributed by atoms with E-state index in [1.54, 1.807) is 7.11 Å². The lowest BCUT2D eigenvalue weighted by atomic mass is 9.86. The van der Waals surface area contributed by atoms with Gasteiger partial charge < -0.3 is 10.1 Å². The number of hydrogen-bond acceptors (Lipinski definition) is 10. The van der Waals surface area contributed by atoms with E-state index in [1.165, 1.54) is 25.8 Å². The summed E-state index contributed by atoms with van der Waals surface area (Å²) in [6.45, 7) is 4.83. The van der Waals surface area contributed by atoms with E-state index in [4.69, 9.17) is 4.74 Å². The van der Waals surface area contributed by atoms with Gasteiger partial charge in [0.25, 0.3) is 0 Å². The Balaban J connectivity index is 1.09. The number of methoxy groups -OCH3 is 1. The maximum absolute atomic E-state index is 13.5. The third-order valence-corrected chi connectivity index (χ3v) is 10.9. The first-order chi connectivity index (χ1) is 15.9. The second-order valence-corrected chi connectivity index (χ2v) is 12.9. The Labute approximate surface area is 197 Å². The van der Waals surface area contributed by atoms with Crippen LogP contribution in [0.2, 0.25) is 0 Å². The van der Waals surface area contributed by atoms with Crippen LogP contribution >= 0.6 is 0 Å². The number of hydrogen-bond donors (Lipinski definition) is 5. The van der Waals surface area contributed by atoms with Crippen LogP contribution in [0.1, 0.15) is 25.7 Å². The molecule has 6 saturated heterocycles. The second kappa shape index (κ2) is 8.91. The molecule has 33 heavy (non-hydrogen) atoms. The summed E-state index contributed by atoms with van der Waals surface area (Å²) < 4.78 is 35.6. The summed E-state index contributed by atoms with van der Waals surface area (Å²) in [5, 5.41) is 10.7. The summed E-state index contributed by atoms with van der Waals surface area (Å²) in [7, 11) is 0.0848. The van der Waals surface area contributed by atoms with Crippen molar-refractivity contribution in [2.75, 3.05) is 53.4 Å². The number of piperidine rings is 2. The standard InChI is InChI=1S/C21H40N8O3S/c1-27-20-14(9-24-27)8-23-21(32-2)19(20)26-33(30,31)17-10-25-29(12-17)18-7-15(3-4-22-18)28-11-13-5-16(28)6-13/h13-26H,3-12H2,1-2H3. The molecule has 6 heterocycles. The maximum Gasteiger partial charge on any atom is 0.217 e. The lowest BCUT2D eigenvalue weighted by Crippen LogP contribution is -2.67. The molecule has 2 bridgehead atoms. The highest BCUT2D eigenvalue weighted by atomic mass is 32.2. The second-order valence-electron chi connectivity index (χ2n) is 10.9. The van der Waals surface area contributed by atoms with E-state index in [0.717, 1.165) is 38.0 Å². The van der Waals surface area contributed by atoms with Gasteiger partial charge in [-0.2, -0.15) is 0 Å². The van der Waals surface area contributed by atoms with E-state index in [0.29, 0.717) is 25.0 Å². The highest BCUT2D eigenvalue weighted by molar-refractivity contribution is 7.90. The topological polar surface area (TPSA) is 113 Å². The Kier molecular flexibility index (Phi) is 6.22. The Morgan fingerprint density at radius 2 is 1.85 bits per heavy atom. The highest BCUT2D eigenvalue weighted by Crippen LogP contribution is 2.43. The van der Waals surface area contributed by atoms with Gasteiger partial charge in [-0.05, 0) is 38.1 Å². The molecule has 0 aromatic heterocycles. The van der Waals surface area contributed by atoms with Gasteiger partial charge in [-0.25, -0.2) is 23.2 Å². The van der Waals surface area contributed by atoms with Crippen LogP contribution in [-0.4, -0.2) is 119 Å². The summed E-state index contributed by atoms with van der Waals surface area (Å²) in [4.78, 5) is 2.73. The fourth-order valence-corrected chi connectivity index (χ4v) is 8.68. The molecule has 1 saturated carbocycles. The molecule has 0 aromatic rings. The molecule has 7 aliphatic rings. The molecule has 188 valence electrons. The molecule has 0 spiro atoms. The monoisotopic (exact) mass is 484 g/mol. The predicted octanol–water partition coefficient (Wildman–Crippen LogP) is -2.35.